The third-order valence-electron chi connectivity index (χ3n) is 2.99. The van der Waals surface area contributed by atoms with E-state index in [9.17, 15) is 5.11 Å². The monoisotopic (exact) mass is 325 g/mol. The van der Waals surface area contributed by atoms with Gasteiger partial charge in [-0.05, 0) is 36.8 Å². The van der Waals surface area contributed by atoms with Gasteiger partial charge in [-0.2, -0.15) is 0 Å². The van der Waals surface area contributed by atoms with Crippen molar-refractivity contribution in [1.29, 1.82) is 0 Å². The molecule has 0 heterocycles. The van der Waals surface area contributed by atoms with Gasteiger partial charge in [0.15, 0.2) is 0 Å². The Morgan fingerprint density at radius 3 is 2.62 bits per heavy atom. The molecule has 1 unspecified atom stereocenters. The maximum absolute atomic E-state index is 9.94. The van der Waals surface area contributed by atoms with Gasteiger partial charge < -0.3 is 15.2 Å². The van der Waals surface area contributed by atoms with E-state index in [0.29, 0.717) is 16.6 Å². The lowest BCUT2D eigenvalue weighted by atomic mass is 10.2. The normalized spacial score (nSPS) is 12.0. The second-order valence-electron chi connectivity index (χ2n) is 4.74. The number of aliphatic hydroxyl groups is 1. The molecule has 5 heteroatoms. The molecule has 112 valence electrons. The molecule has 2 aromatic carbocycles. The van der Waals surface area contributed by atoms with Crippen molar-refractivity contribution in [3.05, 3.63) is 58.1 Å². The molecule has 2 aromatic rings. The summed E-state index contributed by atoms with van der Waals surface area (Å²) in [4.78, 5) is 0. The van der Waals surface area contributed by atoms with Crippen molar-refractivity contribution >= 4 is 28.9 Å². The van der Waals surface area contributed by atoms with Gasteiger partial charge in [-0.25, -0.2) is 0 Å². The molecule has 1 atom stereocenters. The lowest BCUT2D eigenvalue weighted by Crippen LogP contribution is -2.26. The number of anilines is 1. The fraction of sp³-hybridized carbons (Fsp3) is 0.250. The Morgan fingerprint density at radius 2 is 1.90 bits per heavy atom. The largest absolute Gasteiger partial charge is 0.491 e. The third kappa shape index (κ3) is 4.81. The molecule has 0 spiro atoms. The molecule has 0 amide bonds. The van der Waals surface area contributed by atoms with Crippen molar-refractivity contribution < 1.29 is 9.84 Å². The fourth-order valence-corrected chi connectivity index (χ4v) is 2.10. The highest BCUT2D eigenvalue weighted by atomic mass is 35.5. The zero-order chi connectivity index (χ0) is 15.2. The number of rotatable bonds is 6. The summed E-state index contributed by atoms with van der Waals surface area (Å²) in [6.45, 7) is 2.55. The molecule has 2 rings (SSSR count). The molecular weight excluding hydrogens is 309 g/mol. The highest BCUT2D eigenvalue weighted by Gasteiger charge is 2.07. The number of para-hydroxylation sites is 1. The molecule has 0 aliphatic heterocycles. The number of benzene rings is 2. The zero-order valence-corrected chi connectivity index (χ0v) is 13.2. The van der Waals surface area contributed by atoms with Crippen LogP contribution >= 0.6 is 23.2 Å². The number of aryl methyl sites for hydroxylation is 1. The van der Waals surface area contributed by atoms with Crippen LogP contribution in [0.2, 0.25) is 10.0 Å². The zero-order valence-electron chi connectivity index (χ0n) is 11.6. The van der Waals surface area contributed by atoms with Crippen LogP contribution in [0, 0.1) is 6.92 Å². The van der Waals surface area contributed by atoms with E-state index in [0.717, 1.165) is 17.0 Å². The van der Waals surface area contributed by atoms with Gasteiger partial charge in [-0.3, -0.25) is 0 Å². The molecule has 0 bridgehead atoms. The minimum atomic E-state index is -0.626. The average Bonchev–Trinajstić information content (AvgIpc) is 2.47. The van der Waals surface area contributed by atoms with Crippen LogP contribution in [0.5, 0.6) is 5.75 Å². The number of halogens is 2. The number of hydrogen-bond acceptors (Lipinski definition) is 3. The second kappa shape index (κ2) is 7.55. The molecule has 0 aromatic heterocycles. The SMILES string of the molecule is Cc1ccccc1OCC(O)CNc1ccc(Cl)c(Cl)c1. The lowest BCUT2D eigenvalue weighted by Gasteiger charge is -2.15. The molecule has 0 saturated carbocycles. The van der Waals surface area contributed by atoms with Gasteiger partial charge in [0.25, 0.3) is 0 Å². The summed E-state index contributed by atoms with van der Waals surface area (Å²) < 4.78 is 5.59. The summed E-state index contributed by atoms with van der Waals surface area (Å²) in [6, 6.07) is 12.9. The van der Waals surface area contributed by atoms with Crippen LogP contribution < -0.4 is 10.1 Å². The highest BCUT2D eigenvalue weighted by Crippen LogP contribution is 2.25. The van der Waals surface area contributed by atoms with Gasteiger partial charge in [0.05, 0.1) is 10.0 Å². The van der Waals surface area contributed by atoms with Crippen LogP contribution in [0.25, 0.3) is 0 Å². The van der Waals surface area contributed by atoms with Crippen LogP contribution in [0.15, 0.2) is 42.5 Å². The van der Waals surface area contributed by atoms with Gasteiger partial charge in [0.1, 0.15) is 18.5 Å². The first-order chi connectivity index (χ1) is 10.1. The molecular formula is C16H17Cl2NO2. The number of aliphatic hydroxyl groups excluding tert-OH is 1. The lowest BCUT2D eigenvalue weighted by molar-refractivity contribution is 0.117. The van der Waals surface area contributed by atoms with Crippen molar-refractivity contribution in [1.82, 2.24) is 0 Å². The third-order valence-corrected chi connectivity index (χ3v) is 3.73. The van der Waals surface area contributed by atoms with Gasteiger partial charge in [0.2, 0.25) is 0 Å². The molecule has 2 N–H and O–H groups in total. The summed E-state index contributed by atoms with van der Waals surface area (Å²) in [7, 11) is 0. The predicted molar refractivity (Wildman–Crippen MR) is 87.6 cm³/mol. The number of ether oxygens (including phenoxy) is 1. The Hall–Kier alpha value is -1.42. The van der Waals surface area contributed by atoms with E-state index in [4.69, 9.17) is 27.9 Å². The van der Waals surface area contributed by atoms with Gasteiger partial charge in [0, 0.05) is 12.2 Å². The Morgan fingerprint density at radius 1 is 1.14 bits per heavy atom. The molecule has 0 fully saturated rings. The smallest absolute Gasteiger partial charge is 0.122 e. The summed E-state index contributed by atoms with van der Waals surface area (Å²) in [5.41, 5.74) is 1.85. The first-order valence-corrected chi connectivity index (χ1v) is 7.37. The van der Waals surface area contributed by atoms with Crippen LogP contribution in [0.4, 0.5) is 5.69 Å². The van der Waals surface area contributed by atoms with E-state index < -0.39 is 6.10 Å². The minimum absolute atomic E-state index is 0.221. The Bertz CT molecular complexity index is 605. The van der Waals surface area contributed by atoms with Crippen molar-refractivity contribution in [2.24, 2.45) is 0 Å². The van der Waals surface area contributed by atoms with Gasteiger partial charge >= 0.3 is 0 Å². The van der Waals surface area contributed by atoms with Gasteiger partial charge in [-0.15, -0.1) is 0 Å². The summed E-state index contributed by atoms with van der Waals surface area (Å²) >= 11 is 11.8. The quantitative estimate of drug-likeness (QED) is 0.838. The Balaban J connectivity index is 1.81. The van der Waals surface area contributed by atoms with Crippen molar-refractivity contribution in [2.45, 2.75) is 13.0 Å². The van der Waals surface area contributed by atoms with Crippen molar-refractivity contribution in [3.63, 3.8) is 0 Å². The van der Waals surface area contributed by atoms with Crippen LogP contribution in [-0.2, 0) is 0 Å². The predicted octanol–water partition coefficient (Wildman–Crippen LogP) is 4.15. The average molecular weight is 326 g/mol. The first-order valence-electron chi connectivity index (χ1n) is 6.61. The summed E-state index contributed by atoms with van der Waals surface area (Å²) in [5.74, 6) is 0.783. The molecule has 0 saturated heterocycles. The van der Waals surface area contributed by atoms with Gasteiger partial charge in [-0.1, -0.05) is 41.4 Å². The standard InChI is InChI=1S/C16H17Cl2NO2/c1-11-4-2-3-5-16(11)21-10-13(20)9-19-12-6-7-14(17)15(18)8-12/h2-8,13,19-20H,9-10H2,1H3. The van der Waals surface area contributed by atoms with Crippen molar-refractivity contribution in [3.8, 4) is 5.75 Å². The maximum atomic E-state index is 9.94. The molecule has 0 radical (unpaired) electrons. The minimum Gasteiger partial charge on any atom is -0.491 e. The van der Waals surface area contributed by atoms with Crippen molar-refractivity contribution in [2.75, 3.05) is 18.5 Å². The van der Waals surface area contributed by atoms with Crippen LogP contribution in [0.1, 0.15) is 5.56 Å². The summed E-state index contributed by atoms with van der Waals surface area (Å²) in [6.07, 6.45) is -0.626. The topological polar surface area (TPSA) is 41.5 Å². The molecule has 21 heavy (non-hydrogen) atoms. The first kappa shape index (κ1) is 16.0. The van der Waals surface area contributed by atoms with E-state index in [1.807, 2.05) is 37.3 Å². The Kier molecular flexibility index (Phi) is 5.74. The maximum Gasteiger partial charge on any atom is 0.122 e. The number of hydrogen-bond donors (Lipinski definition) is 2. The second-order valence-corrected chi connectivity index (χ2v) is 5.55. The van der Waals surface area contributed by atoms with Crippen LogP contribution in [0.3, 0.4) is 0 Å². The van der Waals surface area contributed by atoms with E-state index in [1.54, 1.807) is 12.1 Å². The molecule has 0 aliphatic carbocycles. The van der Waals surface area contributed by atoms with E-state index in [2.05, 4.69) is 5.32 Å². The Labute approximate surface area is 134 Å². The molecule has 3 nitrogen and oxygen atoms in total. The van der Waals surface area contributed by atoms with Crippen LogP contribution in [-0.4, -0.2) is 24.4 Å². The molecule has 0 aliphatic rings. The van der Waals surface area contributed by atoms with E-state index in [-0.39, 0.29) is 6.61 Å². The number of nitrogens with one attached hydrogen (secondary N) is 1. The fourth-order valence-electron chi connectivity index (χ4n) is 1.81. The van der Waals surface area contributed by atoms with E-state index in [1.165, 1.54) is 0 Å². The van der Waals surface area contributed by atoms with E-state index >= 15 is 0 Å². The summed E-state index contributed by atoms with van der Waals surface area (Å²) in [5, 5.41) is 14.0. The highest BCUT2D eigenvalue weighted by molar-refractivity contribution is 6.42.